The lowest BCUT2D eigenvalue weighted by Crippen LogP contribution is -2.67. The number of rotatable bonds is 1. The predicted octanol–water partition coefficient (Wildman–Crippen LogP) is 3.00. The molecule has 24 heavy (non-hydrogen) atoms. The van der Waals surface area contributed by atoms with E-state index in [2.05, 4.69) is 6.07 Å². The number of hydrogen-bond donors (Lipinski definition) is 0. The molecule has 0 atom stereocenters. The molecule has 1 fully saturated rings. The molecule has 2 heterocycles. The van der Waals surface area contributed by atoms with Crippen LogP contribution in [0.4, 0.5) is 5.69 Å². The van der Waals surface area contributed by atoms with Gasteiger partial charge in [-0.2, -0.15) is 0 Å². The minimum atomic E-state index is -0.481. The van der Waals surface area contributed by atoms with Crippen molar-refractivity contribution in [3.8, 4) is 0 Å². The minimum Gasteiger partial charge on any atom is -0.336 e. The Morgan fingerprint density at radius 1 is 1.08 bits per heavy atom. The lowest BCUT2D eigenvalue weighted by molar-refractivity contribution is -0.136. The summed E-state index contributed by atoms with van der Waals surface area (Å²) >= 11 is 5.87. The van der Waals surface area contributed by atoms with Crippen LogP contribution in [0, 0.1) is 5.41 Å². The number of hydrogen-bond acceptors (Lipinski definition) is 2. The van der Waals surface area contributed by atoms with Crippen molar-refractivity contribution >= 4 is 29.1 Å². The Morgan fingerprint density at radius 3 is 2.46 bits per heavy atom. The number of halogens is 1. The van der Waals surface area contributed by atoms with Crippen LogP contribution in [0.3, 0.4) is 0 Å². The van der Waals surface area contributed by atoms with E-state index in [1.54, 1.807) is 34.1 Å². The minimum absolute atomic E-state index is 0.0494. The average Bonchev–Trinajstić information content (AvgIpc) is 2.56. The molecular formula is C19H17ClN2O2. The molecule has 0 unspecified atom stereocenters. The molecule has 2 aliphatic rings. The van der Waals surface area contributed by atoms with Crippen molar-refractivity contribution < 1.29 is 9.59 Å². The summed E-state index contributed by atoms with van der Waals surface area (Å²) < 4.78 is 0. The quantitative estimate of drug-likeness (QED) is 0.800. The van der Waals surface area contributed by atoms with E-state index in [0.717, 1.165) is 11.3 Å². The van der Waals surface area contributed by atoms with Crippen LogP contribution in [-0.2, 0) is 11.2 Å². The second kappa shape index (κ2) is 5.35. The van der Waals surface area contributed by atoms with E-state index in [-0.39, 0.29) is 11.8 Å². The second-order valence-electron chi connectivity index (χ2n) is 6.62. The van der Waals surface area contributed by atoms with Gasteiger partial charge in [0.25, 0.3) is 5.91 Å². The standard InChI is InChI=1S/C19H17ClN2O2/c1-21-16-5-3-2-4-14(16)10-19(18(21)24)11-22(12-19)17(23)13-6-8-15(20)9-7-13/h2-9H,10-12H2,1H3. The predicted molar refractivity (Wildman–Crippen MR) is 93.3 cm³/mol. The van der Waals surface area contributed by atoms with Crippen molar-refractivity contribution in [2.24, 2.45) is 5.41 Å². The lowest BCUT2D eigenvalue weighted by Gasteiger charge is -2.52. The van der Waals surface area contributed by atoms with Gasteiger partial charge in [-0.1, -0.05) is 29.8 Å². The fourth-order valence-electron chi connectivity index (χ4n) is 3.74. The first kappa shape index (κ1) is 15.2. The van der Waals surface area contributed by atoms with Gasteiger partial charge in [-0.25, -0.2) is 0 Å². The molecule has 4 rings (SSSR count). The topological polar surface area (TPSA) is 40.6 Å². The summed E-state index contributed by atoms with van der Waals surface area (Å²) in [6, 6.07) is 14.8. The maximum absolute atomic E-state index is 12.8. The molecule has 4 nitrogen and oxygen atoms in total. The highest BCUT2D eigenvalue weighted by Gasteiger charge is 2.54. The van der Waals surface area contributed by atoms with Crippen molar-refractivity contribution in [2.45, 2.75) is 6.42 Å². The van der Waals surface area contributed by atoms with E-state index >= 15 is 0 Å². The SMILES string of the molecule is CN1C(=O)C2(Cc3ccccc31)CN(C(=O)c1ccc(Cl)cc1)C2. The number of para-hydroxylation sites is 1. The van der Waals surface area contributed by atoms with Gasteiger partial charge in [0.2, 0.25) is 5.91 Å². The number of amides is 2. The summed E-state index contributed by atoms with van der Waals surface area (Å²) in [6.07, 6.45) is 0.691. The van der Waals surface area contributed by atoms with E-state index in [4.69, 9.17) is 11.6 Å². The Morgan fingerprint density at radius 2 is 1.75 bits per heavy atom. The number of carbonyl (C=O) groups excluding carboxylic acids is 2. The van der Waals surface area contributed by atoms with Crippen molar-refractivity contribution in [1.29, 1.82) is 0 Å². The second-order valence-corrected chi connectivity index (χ2v) is 7.05. The highest BCUT2D eigenvalue weighted by molar-refractivity contribution is 6.30. The molecule has 0 aromatic heterocycles. The summed E-state index contributed by atoms with van der Waals surface area (Å²) in [7, 11) is 1.81. The van der Waals surface area contributed by atoms with Gasteiger partial charge in [-0.3, -0.25) is 9.59 Å². The van der Waals surface area contributed by atoms with Crippen LogP contribution < -0.4 is 4.90 Å². The summed E-state index contributed by atoms with van der Waals surface area (Å²) in [4.78, 5) is 28.8. The van der Waals surface area contributed by atoms with E-state index in [1.165, 1.54) is 0 Å². The molecule has 0 saturated carbocycles. The van der Waals surface area contributed by atoms with Crippen molar-refractivity contribution in [2.75, 3.05) is 25.0 Å². The van der Waals surface area contributed by atoms with Crippen LogP contribution in [-0.4, -0.2) is 36.9 Å². The largest absolute Gasteiger partial charge is 0.336 e. The van der Waals surface area contributed by atoms with Crippen molar-refractivity contribution in [3.63, 3.8) is 0 Å². The number of benzene rings is 2. The molecule has 1 spiro atoms. The van der Waals surface area contributed by atoms with Crippen LogP contribution in [0.15, 0.2) is 48.5 Å². The van der Waals surface area contributed by atoms with Crippen molar-refractivity contribution in [3.05, 3.63) is 64.7 Å². The number of anilines is 1. The number of fused-ring (bicyclic) bond motifs is 1. The number of carbonyl (C=O) groups is 2. The first-order valence-corrected chi connectivity index (χ1v) is 8.29. The van der Waals surface area contributed by atoms with Crippen LogP contribution in [0.1, 0.15) is 15.9 Å². The van der Waals surface area contributed by atoms with Gasteiger partial charge in [-0.05, 0) is 42.3 Å². The lowest BCUT2D eigenvalue weighted by atomic mass is 9.71. The van der Waals surface area contributed by atoms with Crippen LogP contribution in [0.2, 0.25) is 5.02 Å². The molecule has 1 saturated heterocycles. The third-order valence-corrected chi connectivity index (χ3v) is 5.26. The molecule has 0 N–H and O–H groups in total. The average molecular weight is 341 g/mol. The normalized spacial score (nSPS) is 18.3. The Labute approximate surface area is 145 Å². The van der Waals surface area contributed by atoms with Gasteiger partial charge in [0.1, 0.15) is 0 Å². The summed E-state index contributed by atoms with van der Waals surface area (Å²) in [5.41, 5.74) is 2.26. The zero-order valence-corrected chi connectivity index (χ0v) is 14.1. The maximum Gasteiger partial charge on any atom is 0.253 e. The molecule has 0 radical (unpaired) electrons. The molecule has 2 aromatic rings. The molecular weight excluding hydrogens is 324 g/mol. The van der Waals surface area contributed by atoms with Gasteiger partial charge in [0.05, 0.1) is 5.41 Å². The monoisotopic (exact) mass is 340 g/mol. The van der Waals surface area contributed by atoms with Crippen molar-refractivity contribution in [1.82, 2.24) is 4.90 Å². The third kappa shape index (κ3) is 2.21. The van der Waals surface area contributed by atoms with Gasteiger partial charge < -0.3 is 9.80 Å². The highest BCUT2D eigenvalue weighted by atomic mass is 35.5. The molecule has 122 valence electrons. The van der Waals surface area contributed by atoms with Crippen LogP contribution in [0.25, 0.3) is 0 Å². The fourth-order valence-corrected chi connectivity index (χ4v) is 3.87. The molecule has 0 aliphatic carbocycles. The number of likely N-dealkylation sites (tertiary alicyclic amines) is 1. The van der Waals surface area contributed by atoms with E-state index < -0.39 is 5.41 Å². The van der Waals surface area contributed by atoms with Gasteiger partial charge in [0, 0.05) is 36.4 Å². The molecule has 2 aliphatic heterocycles. The molecule has 0 bridgehead atoms. The van der Waals surface area contributed by atoms with Crippen LogP contribution in [0.5, 0.6) is 0 Å². The van der Waals surface area contributed by atoms with Gasteiger partial charge >= 0.3 is 0 Å². The zero-order valence-electron chi connectivity index (χ0n) is 13.3. The highest BCUT2D eigenvalue weighted by Crippen LogP contribution is 2.43. The Kier molecular flexibility index (Phi) is 3.39. The summed E-state index contributed by atoms with van der Waals surface area (Å²) in [6.45, 7) is 0.929. The van der Waals surface area contributed by atoms with Crippen LogP contribution >= 0.6 is 11.6 Å². The van der Waals surface area contributed by atoms with E-state index in [9.17, 15) is 9.59 Å². The van der Waals surface area contributed by atoms with E-state index in [1.807, 2.05) is 25.2 Å². The first-order valence-electron chi connectivity index (χ1n) is 7.91. The first-order chi connectivity index (χ1) is 11.5. The fraction of sp³-hybridized carbons (Fsp3) is 0.263. The summed E-state index contributed by atoms with van der Waals surface area (Å²) in [5.74, 6) is 0.0490. The Bertz CT molecular complexity index is 826. The molecule has 2 amide bonds. The Hall–Kier alpha value is -2.33. The van der Waals surface area contributed by atoms with E-state index in [0.29, 0.717) is 30.1 Å². The number of nitrogens with zero attached hydrogens (tertiary/aromatic N) is 2. The smallest absolute Gasteiger partial charge is 0.253 e. The molecule has 2 aromatic carbocycles. The zero-order chi connectivity index (χ0) is 16.9. The van der Waals surface area contributed by atoms with Gasteiger partial charge in [-0.15, -0.1) is 0 Å². The van der Waals surface area contributed by atoms with Gasteiger partial charge in [0.15, 0.2) is 0 Å². The third-order valence-electron chi connectivity index (χ3n) is 5.01. The maximum atomic E-state index is 12.8. The molecule has 5 heteroatoms. The summed E-state index contributed by atoms with van der Waals surface area (Å²) in [5, 5.41) is 0.604. The Balaban J connectivity index is 1.55.